The molecule has 4 heterocycles. The van der Waals surface area contributed by atoms with Crippen molar-refractivity contribution in [3.63, 3.8) is 0 Å². The van der Waals surface area contributed by atoms with Crippen molar-refractivity contribution in [1.82, 2.24) is 15.1 Å². The number of fused-ring (bicyclic) bond motifs is 2. The number of cyclic esters (lactones) is 1. The first-order valence-corrected chi connectivity index (χ1v) is 17.8. The number of hydrogen-bond acceptors (Lipinski definition) is 7. The van der Waals surface area contributed by atoms with Crippen LogP contribution in [0.3, 0.4) is 0 Å². The molecule has 0 radical (unpaired) electrons. The lowest BCUT2D eigenvalue weighted by Crippen LogP contribution is -2.63. The van der Waals surface area contributed by atoms with Gasteiger partial charge in [0.25, 0.3) is 0 Å². The molecule has 1 aromatic carbocycles. The molecule has 7 atom stereocenters. The number of esters is 1. The molecule has 0 aliphatic carbocycles. The maximum Gasteiger partial charge on any atom is 0.306 e. The van der Waals surface area contributed by atoms with Gasteiger partial charge < -0.3 is 29.7 Å². The summed E-state index contributed by atoms with van der Waals surface area (Å²) in [6, 6.07) is 6.75. The minimum absolute atomic E-state index is 0.0841. The summed E-state index contributed by atoms with van der Waals surface area (Å²) in [4.78, 5) is 60.5. The first kappa shape index (κ1) is 36.3. The Hall–Kier alpha value is -3.02. The molecule has 2 saturated heterocycles. The maximum absolute atomic E-state index is 15.2. The van der Waals surface area contributed by atoms with Gasteiger partial charge in [0, 0.05) is 23.0 Å². The SMILES string of the molecule is CC(C)[C@H](CO)N1C(=O)[C@@H]2[C@H]3C(=O)N[C@@H](c4ccccc4)COC(=O)CC/C=C\CN(C(C)(C)CC(C)(C)C)C(=O)[C@@H]1[C@]21C=C(Br)[C@H]3O1. The van der Waals surface area contributed by atoms with Crippen molar-refractivity contribution in [2.75, 3.05) is 19.8 Å². The third-order valence-corrected chi connectivity index (χ3v) is 10.8. The standard InChI is InChI=1S/C37H50BrN3O7/c1-22(2)26(19-42)41-31-34(46)40(36(6,7)21-35(3,4)5)17-13-9-12-16-27(43)47-20-25(23-14-10-8-11-15-23)39-32(44)28-29(33(41)45)37(31)18-24(38)30(28)48-37/h8-11,13-15,18,22,25-26,28-31,42H,12,16-17,19-21H2,1-7H3,(H,39,44)/b13-9-/t25-,26+,28-,29+,30-,31-,37+/m1/s1. The lowest BCUT2D eigenvalue weighted by molar-refractivity contribution is -0.155. The van der Waals surface area contributed by atoms with Crippen molar-refractivity contribution in [3.05, 3.63) is 58.6 Å². The number of allylic oxidation sites excluding steroid dienone is 1. The van der Waals surface area contributed by atoms with E-state index in [1.165, 1.54) is 4.90 Å². The highest BCUT2D eigenvalue weighted by Crippen LogP contribution is 2.59. The molecule has 3 amide bonds. The summed E-state index contributed by atoms with van der Waals surface area (Å²) >= 11 is 3.63. The van der Waals surface area contributed by atoms with E-state index in [0.29, 0.717) is 17.3 Å². The Morgan fingerprint density at radius 3 is 2.35 bits per heavy atom. The van der Waals surface area contributed by atoms with Gasteiger partial charge in [-0.2, -0.15) is 0 Å². The van der Waals surface area contributed by atoms with Crippen LogP contribution in [-0.4, -0.2) is 87.7 Å². The minimum atomic E-state index is -1.44. The summed E-state index contributed by atoms with van der Waals surface area (Å²) in [7, 11) is 0. The molecule has 5 bridgehead atoms. The normalized spacial score (nSPS) is 31.5. The van der Waals surface area contributed by atoms with E-state index in [2.05, 4.69) is 42.0 Å². The molecular formula is C37H50BrN3O7. The van der Waals surface area contributed by atoms with Crippen molar-refractivity contribution >= 4 is 39.6 Å². The van der Waals surface area contributed by atoms with Crippen LogP contribution in [-0.2, 0) is 28.7 Å². The topological polar surface area (TPSA) is 125 Å². The number of rotatable bonds is 6. The largest absolute Gasteiger partial charge is 0.463 e. The molecule has 0 saturated carbocycles. The molecule has 4 aliphatic rings. The number of carbonyl (C=O) groups excluding carboxylic acids is 4. The van der Waals surface area contributed by atoms with Crippen LogP contribution in [0.25, 0.3) is 0 Å². The van der Waals surface area contributed by atoms with Gasteiger partial charge in [0.1, 0.15) is 24.4 Å². The van der Waals surface area contributed by atoms with Gasteiger partial charge in [-0.3, -0.25) is 19.2 Å². The zero-order valence-electron chi connectivity index (χ0n) is 29.1. The summed E-state index contributed by atoms with van der Waals surface area (Å²) in [6.45, 7) is 14.0. The van der Waals surface area contributed by atoms with Crippen LogP contribution in [0.5, 0.6) is 0 Å². The van der Waals surface area contributed by atoms with E-state index in [9.17, 15) is 19.5 Å². The highest BCUT2D eigenvalue weighted by atomic mass is 79.9. The minimum Gasteiger partial charge on any atom is -0.463 e. The number of aliphatic hydroxyl groups is 1. The number of likely N-dealkylation sites (tertiary alicyclic amines) is 1. The van der Waals surface area contributed by atoms with Crippen molar-refractivity contribution < 1.29 is 33.8 Å². The van der Waals surface area contributed by atoms with E-state index in [-0.39, 0.29) is 43.4 Å². The fraction of sp³-hybridized carbons (Fsp3) is 0.622. The number of ether oxygens (including phenoxy) is 2. The molecule has 2 fully saturated rings. The Balaban J connectivity index is 1.66. The maximum atomic E-state index is 15.2. The van der Waals surface area contributed by atoms with Gasteiger partial charge in [0.2, 0.25) is 17.7 Å². The van der Waals surface area contributed by atoms with E-state index < -0.39 is 65.0 Å². The Labute approximate surface area is 292 Å². The number of benzene rings is 1. The van der Waals surface area contributed by atoms with Crippen LogP contribution in [0.1, 0.15) is 79.3 Å². The van der Waals surface area contributed by atoms with Crippen LogP contribution >= 0.6 is 15.9 Å². The molecule has 1 aromatic rings. The molecule has 11 heteroatoms. The lowest BCUT2D eigenvalue weighted by atomic mass is 9.73. The molecule has 262 valence electrons. The molecule has 5 rings (SSSR count). The lowest BCUT2D eigenvalue weighted by Gasteiger charge is -2.46. The number of halogens is 1. The number of hydrogen-bond donors (Lipinski definition) is 2. The molecule has 0 unspecified atom stereocenters. The predicted molar refractivity (Wildman–Crippen MR) is 184 cm³/mol. The zero-order valence-corrected chi connectivity index (χ0v) is 30.7. The number of nitrogens with one attached hydrogen (secondary N) is 1. The molecule has 2 N–H and O–H groups in total. The quantitative estimate of drug-likeness (QED) is 0.322. The Morgan fingerprint density at radius 2 is 1.73 bits per heavy atom. The van der Waals surface area contributed by atoms with Crippen molar-refractivity contribution in [2.24, 2.45) is 23.2 Å². The average Bonchev–Trinajstić information content (AvgIpc) is 3.59. The van der Waals surface area contributed by atoms with E-state index in [0.717, 1.165) is 5.56 Å². The van der Waals surface area contributed by atoms with Crippen LogP contribution in [0, 0.1) is 23.2 Å². The van der Waals surface area contributed by atoms with Gasteiger partial charge in [-0.15, -0.1) is 0 Å². The molecule has 10 nitrogen and oxygen atoms in total. The number of nitrogens with zero attached hydrogens (tertiary/aromatic N) is 2. The van der Waals surface area contributed by atoms with E-state index >= 15 is 4.79 Å². The third kappa shape index (κ3) is 6.74. The number of amides is 3. The van der Waals surface area contributed by atoms with Crippen LogP contribution in [0.4, 0.5) is 0 Å². The Kier molecular flexibility index (Phi) is 10.4. The monoisotopic (exact) mass is 727 g/mol. The van der Waals surface area contributed by atoms with Gasteiger partial charge in [0.15, 0.2) is 0 Å². The van der Waals surface area contributed by atoms with Gasteiger partial charge >= 0.3 is 5.97 Å². The van der Waals surface area contributed by atoms with Crippen molar-refractivity contribution in [1.29, 1.82) is 0 Å². The summed E-state index contributed by atoms with van der Waals surface area (Å²) in [5.41, 5.74) is -1.49. The molecule has 0 aromatic heterocycles. The average molecular weight is 729 g/mol. The molecule has 4 aliphatic heterocycles. The van der Waals surface area contributed by atoms with E-state index in [1.54, 1.807) is 11.0 Å². The fourth-order valence-electron chi connectivity index (χ4n) is 8.31. The van der Waals surface area contributed by atoms with Gasteiger partial charge in [-0.25, -0.2) is 0 Å². The Bertz CT molecular complexity index is 1470. The van der Waals surface area contributed by atoms with E-state index in [1.807, 2.05) is 70.2 Å². The fourth-order valence-corrected chi connectivity index (χ4v) is 9.05. The first-order valence-electron chi connectivity index (χ1n) is 17.0. The molecular weight excluding hydrogens is 678 g/mol. The third-order valence-electron chi connectivity index (χ3n) is 10.1. The van der Waals surface area contributed by atoms with Gasteiger partial charge in [-0.1, -0.05) is 93.0 Å². The summed E-state index contributed by atoms with van der Waals surface area (Å²) in [5.74, 6) is -3.72. The summed E-state index contributed by atoms with van der Waals surface area (Å²) in [6.07, 6.45) is 5.97. The summed E-state index contributed by atoms with van der Waals surface area (Å²) in [5, 5.41) is 13.7. The number of aliphatic hydroxyl groups excluding tert-OH is 1. The highest BCUT2D eigenvalue weighted by molar-refractivity contribution is 9.11. The van der Waals surface area contributed by atoms with E-state index in [4.69, 9.17) is 9.47 Å². The van der Waals surface area contributed by atoms with Crippen LogP contribution in [0.15, 0.2) is 53.0 Å². The van der Waals surface area contributed by atoms with Crippen molar-refractivity contribution in [2.45, 2.75) is 103 Å². The van der Waals surface area contributed by atoms with Gasteiger partial charge in [-0.05, 0) is 49.7 Å². The molecule has 48 heavy (non-hydrogen) atoms. The smallest absolute Gasteiger partial charge is 0.306 e. The van der Waals surface area contributed by atoms with Crippen LogP contribution < -0.4 is 5.32 Å². The predicted octanol–water partition coefficient (Wildman–Crippen LogP) is 4.67. The van der Waals surface area contributed by atoms with Crippen molar-refractivity contribution in [3.8, 4) is 0 Å². The highest BCUT2D eigenvalue weighted by Gasteiger charge is 2.75. The second-order valence-corrected chi connectivity index (χ2v) is 16.6. The number of carbonyl (C=O) groups is 4. The molecule has 1 spiro atoms. The Morgan fingerprint density at radius 1 is 1.04 bits per heavy atom. The zero-order chi connectivity index (χ0) is 35.2. The second-order valence-electron chi connectivity index (χ2n) is 15.7. The summed E-state index contributed by atoms with van der Waals surface area (Å²) < 4.78 is 13.0. The van der Waals surface area contributed by atoms with Gasteiger partial charge in [0.05, 0.1) is 30.5 Å². The van der Waals surface area contributed by atoms with Crippen LogP contribution in [0.2, 0.25) is 0 Å². The first-order chi connectivity index (χ1) is 22.5. The second kappa shape index (κ2) is 13.7.